The molecule has 2 rings (SSSR count). The van der Waals surface area contributed by atoms with Gasteiger partial charge in [-0.25, -0.2) is 4.39 Å². The quantitative estimate of drug-likeness (QED) is 0.470. The normalized spacial score (nSPS) is 20.6. The van der Waals surface area contributed by atoms with Gasteiger partial charge in [0.1, 0.15) is 5.82 Å². The number of nitrogens with two attached hydrogens (primary N) is 1. The minimum Gasteiger partial charge on any atom is -0.468 e. The average Bonchev–Trinajstić information content (AvgIpc) is 2.48. The van der Waals surface area contributed by atoms with Crippen LogP contribution in [0.2, 0.25) is 0 Å². The number of primary amides is 1. The Kier molecular flexibility index (Phi) is 3.70. The molecule has 1 aromatic rings. The number of amides is 3. The number of benzene rings is 1. The van der Waals surface area contributed by atoms with Crippen LogP contribution in [0, 0.1) is 5.82 Å². The number of carbonyl (C=O) groups excluding carboxylic acids is 4. The van der Waals surface area contributed by atoms with Crippen molar-refractivity contribution in [3.05, 3.63) is 35.1 Å². The molecule has 8 heteroatoms. The fourth-order valence-corrected chi connectivity index (χ4v) is 2.61. The van der Waals surface area contributed by atoms with Crippen molar-refractivity contribution < 1.29 is 28.3 Å². The van der Waals surface area contributed by atoms with Gasteiger partial charge in [0, 0.05) is 12.6 Å². The lowest BCUT2D eigenvalue weighted by Gasteiger charge is -2.37. The highest BCUT2D eigenvalue weighted by molar-refractivity contribution is 6.22. The first-order chi connectivity index (χ1) is 10.3. The standard InChI is InChI=1S/C14H13FN2O5/c1-17-11(19)8-4-3-7(15)5-9(8)14(12(17)20,6-10(16)18)13(21)22-2/h3-5H,6H2,1-2H3,(H2,16,18). The zero-order valence-corrected chi connectivity index (χ0v) is 11.9. The lowest BCUT2D eigenvalue weighted by molar-refractivity contribution is -0.157. The van der Waals surface area contributed by atoms with E-state index in [1.807, 2.05) is 0 Å². The van der Waals surface area contributed by atoms with E-state index < -0.39 is 41.3 Å². The van der Waals surface area contributed by atoms with Crippen LogP contribution in [0.15, 0.2) is 18.2 Å². The third-order valence-electron chi connectivity index (χ3n) is 3.62. The molecule has 1 heterocycles. The molecule has 3 amide bonds. The highest BCUT2D eigenvalue weighted by Gasteiger charge is 2.57. The Morgan fingerprint density at radius 2 is 2.00 bits per heavy atom. The second-order valence-corrected chi connectivity index (χ2v) is 4.90. The highest BCUT2D eigenvalue weighted by atomic mass is 19.1. The summed E-state index contributed by atoms with van der Waals surface area (Å²) in [6.45, 7) is 0. The van der Waals surface area contributed by atoms with Gasteiger partial charge in [0.2, 0.25) is 5.91 Å². The van der Waals surface area contributed by atoms with Crippen molar-refractivity contribution in [2.24, 2.45) is 5.73 Å². The van der Waals surface area contributed by atoms with Crippen molar-refractivity contribution in [1.29, 1.82) is 0 Å². The number of esters is 1. The van der Waals surface area contributed by atoms with E-state index in [0.29, 0.717) is 4.90 Å². The number of carbonyl (C=O) groups is 4. The molecule has 0 saturated heterocycles. The molecule has 0 radical (unpaired) electrons. The number of rotatable bonds is 3. The number of likely N-dealkylation sites (N-methyl/N-ethyl adjacent to an activating group) is 1. The predicted octanol–water partition coefficient (Wildman–Crippen LogP) is -0.276. The van der Waals surface area contributed by atoms with Gasteiger partial charge in [0.05, 0.1) is 13.5 Å². The topological polar surface area (TPSA) is 107 Å². The molecular formula is C14H13FN2O5. The van der Waals surface area contributed by atoms with Crippen molar-refractivity contribution >= 4 is 23.7 Å². The lowest BCUT2D eigenvalue weighted by atomic mass is 9.71. The molecule has 1 unspecified atom stereocenters. The summed E-state index contributed by atoms with van der Waals surface area (Å²) in [6.07, 6.45) is -0.730. The Balaban J connectivity index is 2.85. The lowest BCUT2D eigenvalue weighted by Crippen LogP contribution is -2.58. The molecule has 0 spiro atoms. The first-order valence-corrected chi connectivity index (χ1v) is 6.25. The number of hydrogen-bond donors (Lipinski definition) is 1. The van der Waals surface area contributed by atoms with Crippen LogP contribution in [0.25, 0.3) is 0 Å². The third kappa shape index (κ3) is 2.03. The van der Waals surface area contributed by atoms with Crippen molar-refractivity contribution in [2.75, 3.05) is 14.2 Å². The summed E-state index contributed by atoms with van der Waals surface area (Å²) in [5.74, 6) is -4.49. The van der Waals surface area contributed by atoms with Gasteiger partial charge in [-0.05, 0) is 23.8 Å². The van der Waals surface area contributed by atoms with E-state index in [2.05, 4.69) is 4.74 Å². The summed E-state index contributed by atoms with van der Waals surface area (Å²) in [5.41, 5.74) is 2.70. The number of nitrogens with zero attached hydrogens (tertiary/aromatic N) is 1. The van der Waals surface area contributed by atoms with E-state index in [9.17, 15) is 23.6 Å². The van der Waals surface area contributed by atoms with Gasteiger partial charge in [0.25, 0.3) is 11.8 Å². The van der Waals surface area contributed by atoms with Gasteiger partial charge in [-0.1, -0.05) is 0 Å². The Hall–Kier alpha value is -2.77. The van der Waals surface area contributed by atoms with E-state index in [4.69, 9.17) is 5.73 Å². The summed E-state index contributed by atoms with van der Waals surface area (Å²) in [5, 5.41) is 0. The second-order valence-electron chi connectivity index (χ2n) is 4.90. The van der Waals surface area contributed by atoms with Crippen LogP contribution < -0.4 is 5.73 Å². The summed E-state index contributed by atoms with van der Waals surface area (Å²) in [7, 11) is 2.18. The van der Waals surface area contributed by atoms with E-state index in [1.54, 1.807) is 0 Å². The van der Waals surface area contributed by atoms with Crippen LogP contribution in [-0.4, -0.2) is 42.7 Å². The maximum atomic E-state index is 13.6. The molecule has 0 aliphatic carbocycles. The first-order valence-electron chi connectivity index (χ1n) is 6.25. The van der Waals surface area contributed by atoms with Crippen molar-refractivity contribution in [3.63, 3.8) is 0 Å². The molecule has 22 heavy (non-hydrogen) atoms. The van der Waals surface area contributed by atoms with Crippen LogP contribution in [-0.2, 0) is 24.5 Å². The zero-order chi connectivity index (χ0) is 16.7. The maximum absolute atomic E-state index is 13.6. The van der Waals surface area contributed by atoms with Gasteiger partial charge in [0.15, 0.2) is 5.41 Å². The van der Waals surface area contributed by atoms with Crippen LogP contribution in [0.1, 0.15) is 22.3 Å². The molecule has 1 aliphatic heterocycles. The smallest absolute Gasteiger partial charge is 0.326 e. The minimum absolute atomic E-state index is 0.0600. The van der Waals surface area contributed by atoms with Gasteiger partial charge < -0.3 is 10.5 Å². The van der Waals surface area contributed by atoms with Gasteiger partial charge in [-0.15, -0.1) is 0 Å². The van der Waals surface area contributed by atoms with Gasteiger partial charge in [-0.2, -0.15) is 0 Å². The molecular weight excluding hydrogens is 295 g/mol. The SMILES string of the molecule is COC(=O)C1(CC(N)=O)C(=O)N(C)C(=O)c2ccc(F)cc21. The molecule has 1 aromatic carbocycles. The summed E-state index contributed by atoms with van der Waals surface area (Å²) in [4.78, 5) is 49.0. The fourth-order valence-electron chi connectivity index (χ4n) is 2.61. The van der Waals surface area contributed by atoms with E-state index in [-0.39, 0.29) is 11.1 Å². The molecule has 2 N–H and O–H groups in total. The fraction of sp³-hybridized carbons (Fsp3) is 0.286. The number of fused-ring (bicyclic) bond motifs is 1. The molecule has 1 atom stereocenters. The highest BCUT2D eigenvalue weighted by Crippen LogP contribution is 2.38. The molecule has 0 saturated carbocycles. The number of hydrogen-bond acceptors (Lipinski definition) is 5. The third-order valence-corrected chi connectivity index (χ3v) is 3.62. The molecule has 0 aromatic heterocycles. The number of imide groups is 1. The Morgan fingerprint density at radius 3 is 2.55 bits per heavy atom. The molecule has 116 valence electrons. The maximum Gasteiger partial charge on any atom is 0.326 e. The van der Waals surface area contributed by atoms with Crippen LogP contribution >= 0.6 is 0 Å². The number of methoxy groups -OCH3 is 1. The number of ether oxygens (including phenoxy) is 1. The second kappa shape index (κ2) is 5.21. The zero-order valence-electron chi connectivity index (χ0n) is 11.9. The molecule has 7 nitrogen and oxygen atoms in total. The van der Waals surface area contributed by atoms with Gasteiger partial charge >= 0.3 is 5.97 Å². The first kappa shape index (κ1) is 15.6. The van der Waals surface area contributed by atoms with Crippen molar-refractivity contribution in [1.82, 2.24) is 4.90 Å². The van der Waals surface area contributed by atoms with Crippen LogP contribution in [0.5, 0.6) is 0 Å². The molecule has 0 fully saturated rings. The van der Waals surface area contributed by atoms with E-state index >= 15 is 0 Å². The average molecular weight is 308 g/mol. The predicted molar refractivity (Wildman–Crippen MR) is 71.0 cm³/mol. The Labute approximate surface area is 124 Å². The number of halogens is 1. The summed E-state index contributed by atoms with van der Waals surface area (Å²) < 4.78 is 18.2. The Morgan fingerprint density at radius 1 is 1.36 bits per heavy atom. The molecule has 1 aliphatic rings. The van der Waals surface area contributed by atoms with Crippen LogP contribution in [0.4, 0.5) is 4.39 Å². The van der Waals surface area contributed by atoms with Crippen molar-refractivity contribution in [3.8, 4) is 0 Å². The largest absolute Gasteiger partial charge is 0.468 e. The summed E-state index contributed by atoms with van der Waals surface area (Å²) >= 11 is 0. The van der Waals surface area contributed by atoms with E-state index in [0.717, 1.165) is 32.4 Å². The summed E-state index contributed by atoms with van der Waals surface area (Å²) in [6, 6.07) is 3.04. The molecule has 0 bridgehead atoms. The van der Waals surface area contributed by atoms with Crippen LogP contribution in [0.3, 0.4) is 0 Å². The minimum atomic E-state index is -2.17. The van der Waals surface area contributed by atoms with Gasteiger partial charge in [-0.3, -0.25) is 24.1 Å². The van der Waals surface area contributed by atoms with Crippen molar-refractivity contribution in [2.45, 2.75) is 11.8 Å². The van der Waals surface area contributed by atoms with E-state index in [1.165, 1.54) is 0 Å². The Bertz CT molecular complexity index is 702. The monoisotopic (exact) mass is 308 g/mol.